The Labute approximate surface area is 183 Å². The van der Waals surface area contributed by atoms with E-state index in [2.05, 4.69) is 10.6 Å². The van der Waals surface area contributed by atoms with E-state index in [1.807, 2.05) is 0 Å². The second-order valence-electron chi connectivity index (χ2n) is 6.87. The van der Waals surface area contributed by atoms with E-state index in [9.17, 15) is 32.3 Å². The van der Waals surface area contributed by atoms with Crippen LogP contribution in [-0.4, -0.2) is 26.8 Å². The van der Waals surface area contributed by atoms with Gasteiger partial charge in [0, 0.05) is 31.0 Å². The number of fused-ring (bicyclic) bond motifs is 1. The lowest BCUT2D eigenvalue weighted by molar-refractivity contribution is -0.137. The Kier molecular flexibility index (Phi) is 6.13. The predicted molar refractivity (Wildman–Crippen MR) is 113 cm³/mol. The molecule has 0 aliphatic heterocycles. The van der Waals surface area contributed by atoms with E-state index in [0.29, 0.717) is 12.1 Å². The van der Waals surface area contributed by atoms with Crippen molar-refractivity contribution >= 4 is 45.7 Å². The van der Waals surface area contributed by atoms with E-state index in [1.54, 1.807) is 0 Å². The van der Waals surface area contributed by atoms with E-state index in [4.69, 9.17) is 11.6 Å². The Hall–Kier alpha value is -3.60. The lowest BCUT2D eigenvalue weighted by Crippen LogP contribution is -2.36. The summed E-state index contributed by atoms with van der Waals surface area (Å²) in [6.45, 7) is 0. The Morgan fingerprint density at radius 1 is 0.969 bits per heavy atom. The van der Waals surface area contributed by atoms with Crippen LogP contribution in [0.5, 0.6) is 0 Å². The first-order valence-electron chi connectivity index (χ1n) is 9.01. The molecule has 1 aromatic heterocycles. The quantitative estimate of drug-likeness (QED) is 0.575. The number of amides is 2. The van der Waals surface area contributed by atoms with Crippen molar-refractivity contribution in [3.63, 3.8) is 0 Å². The van der Waals surface area contributed by atoms with Crippen LogP contribution in [0.3, 0.4) is 0 Å². The summed E-state index contributed by atoms with van der Waals surface area (Å²) < 4.78 is 41.9. The maximum absolute atomic E-state index is 13.3. The number of nitrogens with one attached hydrogen (secondary N) is 2. The monoisotopic (exact) mass is 468 g/mol. The summed E-state index contributed by atoms with van der Waals surface area (Å²) in [4.78, 5) is 48.5. The molecule has 0 saturated heterocycles. The molecule has 1 heterocycles. The number of hydrogen-bond donors (Lipinski definition) is 2. The second-order valence-corrected chi connectivity index (χ2v) is 7.14. The number of rotatable bonds is 4. The zero-order valence-corrected chi connectivity index (χ0v) is 17.5. The molecule has 3 rings (SSSR count). The molecule has 0 spiro atoms. The van der Waals surface area contributed by atoms with Gasteiger partial charge in [0.15, 0.2) is 0 Å². The molecular weight excluding hydrogens is 453 g/mol. The van der Waals surface area contributed by atoms with Gasteiger partial charge in [-0.1, -0.05) is 0 Å². The molecule has 0 radical (unpaired) electrons. The second kappa shape index (κ2) is 8.50. The number of carbonyl (C=O) groups is 2. The van der Waals surface area contributed by atoms with Gasteiger partial charge in [0.25, 0.3) is 11.5 Å². The van der Waals surface area contributed by atoms with Gasteiger partial charge in [-0.15, -0.1) is 11.6 Å². The summed E-state index contributed by atoms with van der Waals surface area (Å²) in [5.74, 6) is -2.12. The minimum Gasteiger partial charge on any atom is -0.325 e. The van der Waals surface area contributed by atoms with Gasteiger partial charge in [-0.05, 0) is 36.4 Å². The molecule has 0 aliphatic rings. The Bertz CT molecular complexity index is 1360. The maximum Gasteiger partial charge on any atom is 0.416 e. The lowest BCUT2D eigenvalue weighted by atomic mass is 10.1. The highest BCUT2D eigenvalue weighted by Crippen LogP contribution is 2.32. The first-order valence-corrected chi connectivity index (χ1v) is 9.55. The van der Waals surface area contributed by atoms with E-state index >= 15 is 0 Å². The van der Waals surface area contributed by atoms with Crippen molar-refractivity contribution in [2.75, 3.05) is 16.5 Å². The third-order valence-electron chi connectivity index (χ3n) is 4.65. The van der Waals surface area contributed by atoms with E-state index < -0.39 is 40.7 Å². The van der Waals surface area contributed by atoms with Gasteiger partial charge >= 0.3 is 11.9 Å². The first kappa shape index (κ1) is 23.1. The molecule has 12 heteroatoms. The fraction of sp³-hybridized carbons (Fsp3) is 0.200. The molecule has 0 unspecified atom stereocenters. The molecule has 0 atom stereocenters. The molecule has 2 N–H and O–H groups in total. The van der Waals surface area contributed by atoms with Crippen LogP contribution in [0.1, 0.15) is 15.9 Å². The topological polar surface area (TPSA) is 102 Å². The maximum atomic E-state index is 13.3. The number of aryl methyl sites for hydroxylation is 1. The van der Waals surface area contributed by atoms with Crippen LogP contribution in [0.2, 0.25) is 0 Å². The summed E-state index contributed by atoms with van der Waals surface area (Å²) in [7, 11) is 2.77. The summed E-state index contributed by atoms with van der Waals surface area (Å²) >= 11 is 5.37. The Morgan fingerprint density at radius 3 is 2.28 bits per heavy atom. The van der Waals surface area contributed by atoms with Gasteiger partial charge in [0.05, 0.1) is 16.5 Å². The van der Waals surface area contributed by atoms with Crippen LogP contribution in [-0.2, 0) is 25.1 Å². The van der Waals surface area contributed by atoms with Gasteiger partial charge in [-0.2, -0.15) is 13.2 Å². The zero-order valence-electron chi connectivity index (χ0n) is 16.7. The van der Waals surface area contributed by atoms with Gasteiger partial charge in [-0.3, -0.25) is 23.5 Å². The van der Waals surface area contributed by atoms with Gasteiger partial charge in [0.1, 0.15) is 5.88 Å². The van der Waals surface area contributed by atoms with E-state index in [-0.39, 0.29) is 27.8 Å². The largest absolute Gasteiger partial charge is 0.416 e. The van der Waals surface area contributed by atoms with E-state index in [1.165, 1.54) is 36.9 Å². The van der Waals surface area contributed by atoms with Crippen LogP contribution in [0, 0.1) is 0 Å². The lowest BCUT2D eigenvalue weighted by Gasteiger charge is -2.14. The summed E-state index contributed by atoms with van der Waals surface area (Å²) in [6.07, 6.45) is -4.77. The van der Waals surface area contributed by atoms with Crippen molar-refractivity contribution in [2.24, 2.45) is 14.1 Å². The normalized spacial score (nSPS) is 11.4. The summed E-state index contributed by atoms with van der Waals surface area (Å²) in [5.41, 5.74) is -2.49. The van der Waals surface area contributed by atoms with Crippen LogP contribution in [0.4, 0.5) is 24.5 Å². The standard InChI is InChI=1S/C20H16ClF3N4O4/c1-27-15-8-12(3-4-14(15)18(31)28(2)19(27)32)26-17(30)10-5-11(20(22,23)24)7-13(6-10)25-16(29)9-21/h3-8H,9H2,1-2H3,(H,25,29)(H,26,30). The molecule has 32 heavy (non-hydrogen) atoms. The number of aromatic nitrogens is 2. The smallest absolute Gasteiger partial charge is 0.325 e. The van der Waals surface area contributed by atoms with Crippen molar-refractivity contribution in [1.29, 1.82) is 0 Å². The summed E-state index contributed by atoms with van der Waals surface area (Å²) in [6, 6.07) is 6.53. The fourth-order valence-corrected chi connectivity index (χ4v) is 3.12. The number of anilines is 2. The highest BCUT2D eigenvalue weighted by atomic mass is 35.5. The molecule has 8 nitrogen and oxygen atoms in total. The number of hydrogen-bond acceptors (Lipinski definition) is 4. The SMILES string of the molecule is Cn1c(=O)c2ccc(NC(=O)c3cc(NC(=O)CCl)cc(C(F)(F)F)c3)cc2n(C)c1=O. The number of nitrogens with zero attached hydrogens (tertiary/aromatic N) is 2. The highest BCUT2D eigenvalue weighted by molar-refractivity contribution is 6.29. The zero-order chi connectivity index (χ0) is 23.8. The number of carbonyl (C=O) groups excluding carboxylic acids is 2. The minimum absolute atomic E-state index is 0.148. The number of benzene rings is 2. The molecular formula is C20H16ClF3N4O4. The molecule has 2 aromatic carbocycles. The minimum atomic E-state index is -4.77. The molecule has 0 bridgehead atoms. The molecule has 2 amide bonds. The average molecular weight is 469 g/mol. The van der Waals surface area contributed by atoms with Crippen LogP contribution < -0.4 is 21.9 Å². The van der Waals surface area contributed by atoms with Crippen molar-refractivity contribution in [1.82, 2.24) is 9.13 Å². The predicted octanol–water partition coefficient (Wildman–Crippen LogP) is 2.69. The molecule has 3 aromatic rings. The van der Waals surface area contributed by atoms with E-state index in [0.717, 1.165) is 10.6 Å². The average Bonchev–Trinajstić information content (AvgIpc) is 2.75. The van der Waals surface area contributed by atoms with Gasteiger partial charge in [-0.25, -0.2) is 4.79 Å². The molecule has 168 valence electrons. The third-order valence-corrected chi connectivity index (χ3v) is 4.90. The van der Waals surface area contributed by atoms with Crippen molar-refractivity contribution in [3.8, 4) is 0 Å². The highest BCUT2D eigenvalue weighted by Gasteiger charge is 2.32. The van der Waals surface area contributed by atoms with Crippen molar-refractivity contribution < 1.29 is 22.8 Å². The van der Waals surface area contributed by atoms with Crippen LogP contribution in [0.25, 0.3) is 10.9 Å². The Balaban J connectivity index is 2.02. The Morgan fingerprint density at radius 2 is 1.66 bits per heavy atom. The third kappa shape index (κ3) is 4.52. The van der Waals surface area contributed by atoms with Gasteiger partial charge in [0.2, 0.25) is 5.91 Å². The summed E-state index contributed by atoms with van der Waals surface area (Å²) in [5, 5.41) is 4.84. The molecule has 0 aliphatic carbocycles. The fourth-order valence-electron chi connectivity index (χ4n) is 3.06. The number of halogens is 4. The molecule has 0 saturated carbocycles. The van der Waals surface area contributed by atoms with Crippen LogP contribution in [0.15, 0.2) is 46.0 Å². The first-order chi connectivity index (χ1) is 14.9. The van der Waals surface area contributed by atoms with Crippen molar-refractivity contribution in [2.45, 2.75) is 6.18 Å². The van der Waals surface area contributed by atoms with Gasteiger partial charge < -0.3 is 10.6 Å². The van der Waals surface area contributed by atoms with Crippen molar-refractivity contribution in [3.05, 3.63) is 68.4 Å². The number of alkyl halides is 4. The molecule has 0 fully saturated rings. The van der Waals surface area contributed by atoms with Crippen LogP contribution >= 0.6 is 11.6 Å².